The van der Waals surface area contributed by atoms with Gasteiger partial charge in [0.05, 0.1) is 29.5 Å². The zero-order chi connectivity index (χ0) is 21.5. The van der Waals surface area contributed by atoms with Gasteiger partial charge in [0.2, 0.25) is 0 Å². The fourth-order valence-corrected chi connectivity index (χ4v) is 3.44. The standard InChI is InChI=1S/C21H18FN7O2/c1-12(2)28-11-24-27-20(28)16-4-3-5-19(25-16)26-21(30)14-6-17-18(7-15(14)22)31-9-13-8-23-10-29(13)17/h3-8,10-12H,9H2,1-2H3,(H,25,26,30). The van der Waals surface area contributed by atoms with Gasteiger partial charge in [-0.2, -0.15) is 0 Å². The van der Waals surface area contributed by atoms with Crippen molar-refractivity contribution in [3.05, 3.63) is 66.3 Å². The Bertz CT molecular complexity index is 1290. The summed E-state index contributed by atoms with van der Waals surface area (Å²) in [4.78, 5) is 21.4. The van der Waals surface area contributed by atoms with E-state index in [0.29, 0.717) is 23.0 Å². The Balaban J connectivity index is 1.45. The van der Waals surface area contributed by atoms with Gasteiger partial charge in [0, 0.05) is 12.1 Å². The van der Waals surface area contributed by atoms with E-state index in [0.717, 1.165) is 5.69 Å². The second-order valence-corrected chi connectivity index (χ2v) is 7.36. The van der Waals surface area contributed by atoms with Gasteiger partial charge in [-0.3, -0.25) is 9.36 Å². The van der Waals surface area contributed by atoms with Gasteiger partial charge in [-0.1, -0.05) is 6.07 Å². The first-order valence-corrected chi connectivity index (χ1v) is 9.67. The van der Waals surface area contributed by atoms with Crippen molar-refractivity contribution in [3.8, 4) is 23.0 Å². The summed E-state index contributed by atoms with van der Waals surface area (Å²) in [5.41, 5.74) is 1.79. The minimum Gasteiger partial charge on any atom is -0.485 e. The van der Waals surface area contributed by atoms with E-state index in [9.17, 15) is 9.18 Å². The molecule has 9 nitrogen and oxygen atoms in total. The highest BCUT2D eigenvalue weighted by Gasteiger charge is 2.23. The van der Waals surface area contributed by atoms with Crippen molar-refractivity contribution < 1.29 is 13.9 Å². The van der Waals surface area contributed by atoms with Crippen molar-refractivity contribution in [1.82, 2.24) is 29.3 Å². The minimum atomic E-state index is -0.685. The average Bonchev–Trinajstić information content (AvgIpc) is 3.43. The molecule has 0 atom stereocenters. The zero-order valence-electron chi connectivity index (χ0n) is 16.8. The molecule has 0 unspecified atom stereocenters. The van der Waals surface area contributed by atoms with Crippen LogP contribution >= 0.6 is 0 Å². The number of carbonyl (C=O) groups excluding carboxylic acids is 1. The number of carbonyl (C=O) groups is 1. The third-order valence-electron chi connectivity index (χ3n) is 4.99. The highest BCUT2D eigenvalue weighted by atomic mass is 19.1. The maximum absolute atomic E-state index is 14.7. The van der Waals surface area contributed by atoms with Gasteiger partial charge in [-0.25, -0.2) is 14.4 Å². The lowest BCUT2D eigenvalue weighted by atomic mass is 10.1. The number of nitrogens with one attached hydrogen (secondary N) is 1. The molecule has 0 saturated carbocycles. The summed E-state index contributed by atoms with van der Waals surface area (Å²) < 4.78 is 23.9. The van der Waals surface area contributed by atoms with E-state index in [1.807, 2.05) is 18.4 Å². The van der Waals surface area contributed by atoms with Gasteiger partial charge < -0.3 is 14.6 Å². The van der Waals surface area contributed by atoms with Crippen LogP contribution in [0.15, 0.2) is 49.2 Å². The third-order valence-corrected chi connectivity index (χ3v) is 4.99. The number of halogens is 1. The van der Waals surface area contributed by atoms with Crippen molar-refractivity contribution >= 4 is 11.7 Å². The highest BCUT2D eigenvalue weighted by molar-refractivity contribution is 6.04. The molecule has 1 aliphatic heterocycles. The number of fused-ring (bicyclic) bond motifs is 3. The first kappa shape index (κ1) is 18.9. The summed E-state index contributed by atoms with van der Waals surface area (Å²) in [6, 6.07) is 7.95. The van der Waals surface area contributed by atoms with Gasteiger partial charge in [0.1, 0.15) is 36.0 Å². The molecule has 0 radical (unpaired) electrons. The molecule has 1 N–H and O–H groups in total. The van der Waals surface area contributed by atoms with E-state index in [4.69, 9.17) is 4.74 Å². The quantitative estimate of drug-likeness (QED) is 0.544. The fraction of sp³-hybridized carbons (Fsp3) is 0.190. The predicted octanol–water partition coefficient (Wildman–Crippen LogP) is 3.39. The fourth-order valence-electron chi connectivity index (χ4n) is 3.44. The molecule has 0 spiro atoms. The summed E-state index contributed by atoms with van der Waals surface area (Å²) in [6.45, 7) is 4.30. The molecule has 0 saturated heterocycles. The number of anilines is 1. The van der Waals surface area contributed by atoms with Gasteiger partial charge in [-0.15, -0.1) is 10.2 Å². The predicted molar refractivity (Wildman–Crippen MR) is 109 cm³/mol. The highest BCUT2D eigenvalue weighted by Crippen LogP contribution is 2.32. The van der Waals surface area contributed by atoms with Crippen LogP contribution in [0.3, 0.4) is 0 Å². The number of imidazole rings is 1. The number of ether oxygens (including phenoxy) is 1. The Labute approximate surface area is 176 Å². The molecule has 10 heteroatoms. The first-order valence-electron chi connectivity index (χ1n) is 9.67. The Morgan fingerprint density at radius 2 is 2.13 bits per heavy atom. The van der Waals surface area contributed by atoms with Crippen LogP contribution in [0.4, 0.5) is 10.2 Å². The minimum absolute atomic E-state index is 0.124. The normalized spacial score (nSPS) is 12.3. The molecule has 0 aliphatic carbocycles. The molecular weight excluding hydrogens is 401 g/mol. The number of amides is 1. The summed E-state index contributed by atoms with van der Waals surface area (Å²) >= 11 is 0. The Morgan fingerprint density at radius 1 is 1.26 bits per heavy atom. The van der Waals surface area contributed by atoms with Crippen LogP contribution in [-0.4, -0.2) is 35.2 Å². The van der Waals surface area contributed by atoms with Gasteiger partial charge in [0.25, 0.3) is 5.91 Å². The van der Waals surface area contributed by atoms with Crippen molar-refractivity contribution in [2.24, 2.45) is 0 Å². The number of rotatable bonds is 4. The average molecular weight is 419 g/mol. The molecule has 1 aromatic carbocycles. The smallest absolute Gasteiger partial charge is 0.259 e. The maximum atomic E-state index is 14.7. The van der Waals surface area contributed by atoms with Crippen molar-refractivity contribution in [2.75, 3.05) is 5.32 Å². The molecule has 5 rings (SSSR count). The number of aromatic nitrogens is 6. The number of hydrogen-bond acceptors (Lipinski definition) is 6. The number of hydrogen-bond donors (Lipinski definition) is 1. The molecule has 1 amide bonds. The second kappa shape index (κ2) is 7.31. The zero-order valence-corrected chi connectivity index (χ0v) is 16.8. The van der Waals surface area contributed by atoms with Crippen LogP contribution in [-0.2, 0) is 6.61 Å². The van der Waals surface area contributed by atoms with E-state index in [1.54, 1.807) is 41.6 Å². The summed E-state index contributed by atoms with van der Waals surface area (Å²) in [6.07, 6.45) is 4.89. The molecule has 4 aromatic rings. The van der Waals surface area contributed by atoms with Crippen molar-refractivity contribution in [1.29, 1.82) is 0 Å². The molecule has 1 aliphatic rings. The second-order valence-electron chi connectivity index (χ2n) is 7.36. The number of pyridine rings is 1. The van der Waals surface area contributed by atoms with Gasteiger partial charge in [0.15, 0.2) is 5.82 Å². The van der Waals surface area contributed by atoms with E-state index >= 15 is 0 Å². The lowest BCUT2D eigenvalue weighted by Gasteiger charge is -2.20. The molecule has 4 heterocycles. The number of benzene rings is 1. The van der Waals surface area contributed by atoms with Gasteiger partial charge >= 0.3 is 0 Å². The molecule has 31 heavy (non-hydrogen) atoms. The van der Waals surface area contributed by atoms with Crippen LogP contribution < -0.4 is 10.1 Å². The van der Waals surface area contributed by atoms with Crippen molar-refractivity contribution in [3.63, 3.8) is 0 Å². The topological polar surface area (TPSA) is 99.8 Å². The molecule has 156 valence electrons. The lowest BCUT2D eigenvalue weighted by Crippen LogP contribution is -2.18. The van der Waals surface area contributed by atoms with E-state index < -0.39 is 11.7 Å². The number of nitrogens with zero attached hydrogens (tertiary/aromatic N) is 6. The van der Waals surface area contributed by atoms with E-state index in [1.165, 1.54) is 12.1 Å². The van der Waals surface area contributed by atoms with Crippen LogP contribution in [0.5, 0.6) is 5.75 Å². The lowest BCUT2D eigenvalue weighted by molar-refractivity contribution is 0.102. The summed E-state index contributed by atoms with van der Waals surface area (Å²) in [5, 5.41) is 10.7. The van der Waals surface area contributed by atoms with E-state index in [-0.39, 0.29) is 24.0 Å². The monoisotopic (exact) mass is 419 g/mol. The molecule has 3 aromatic heterocycles. The molecule has 0 fully saturated rings. The van der Waals surface area contributed by atoms with Gasteiger partial charge in [-0.05, 0) is 32.0 Å². The van der Waals surface area contributed by atoms with Crippen LogP contribution in [0.25, 0.3) is 17.2 Å². The molecular formula is C21H18FN7O2. The third kappa shape index (κ3) is 3.31. The summed E-state index contributed by atoms with van der Waals surface area (Å²) in [5.74, 6) is -0.0981. The Kier molecular flexibility index (Phi) is 4.46. The SMILES string of the molecule is CC(C)n1cnnc1-c1cccc(NC(=O)c2cc3c(cc2F)OCc2cncn2-3)n1. The largest absolute Gasteiger partial charge is 0.485 e. The Morgan fingerprint density at radius 3 is 2.97 bits per heavy atom. The van der Waals surface area contributed by atoms with Crippen LogP contribution in [0, 0.1) is 5.82 Å². The Hall–Kier alpha value is -4.08. The van der Waals surface area contributed by atoms with Crippen LogP contribution in [0.2, 0.25) is 0 Å². The van der Waals surface area contributed by atoms with Crippen molar-refractivity contribution in [2.45, 2.75) is 26.5 Å². The first-order chi connectivity index (χ1) is 15.0. The van der Waals surface area contributed by atoms with Crippen LogP contribution in [0.1, 0.15) is 35.9 Å². The maximum Gasteiger partial charge on any atom is 0.259 e. The van der Waals surface area contributed by atoms with E-state index in [2.05, 4.69) is 25.5 Å². The summed E-state index contributed by atoms with van der Waals surface area (Å²) in [7, 11) is 0. The molecule has 0 bridgehead atoms.